The zero-order valence-corrected chi connectivity index (χ0v) is 13.4. The highest BCUT2D eigenvalue weighted by Gasteiger charge is 2.54. The molecule has 1 saturated carbocycles. The lowest BCUT2D eigenvalue weighted by Gasteiger charge is -2.22. The van der Waals surface area contributed by atoms with Crippen molar-refractivity contribution in [1.82, 2.24) is 5.32 Å². The zero-order chi connectivity index (χ0) is 19.2. The fraction of sp³-hybridized carbons (Fsp3) is 0.467. The third kappa shape index (κ3) is 3.83. The summed E-state index contributed by atoms with van der Waals surface area (Å²) in [6, 6.07) is 0. The molecule has 138 valence electrons. The van der Waals surface area contributed by atoms with Crippen molar-refractivity contribution in [3.63, 3.8) is 0 Å². The molecule has 0 heterocycles. The molecule has 0 saturated heterocycles. The number of esters is 1. The Morgan fingerprint density at radius 2 is 1.36 bits per heavy atom. The van der Waals surface area contributed by atoms with E-state index in [4.69, 9.17) is 4.74 Å². The van der Waals surface area contributed by atoms with Crippen LogP contribution in [-0.2, 0) is 9.53 Å². The Morgan fingerprint density at radius 1 is 0.920 bits per heavy atom. The first-order valence-corrected chi connectivity index (χ1v) is 7.13. The van der Waals surface area contributed by atoms with E-state index in [2.05, 4.69) is 10.1 Å². The fourth-order valence-corrected chi connectivity index (χ4v) is 1.87. The van der Waals surface area contributed by atoms with Crippen LogP contribution in [0.15, 0.2) is 0 Å². The molecule has 1 amide bonds. The van der Waals surface area contributed by atoms with Gasteiger partial charge in [-0.3, -0.25) is 0 Å². The van der Waals surface area contributed by atoms with Crippen LogP contribution >= 0.6 is 0 Å². The van der Waals surface area contributed by atoms with E-state index in [0.29, 0.717) is 0 Å². The van der Waals surface area contributed by atoms with Crippen LogP contribution in [0.1, 0.15) is 33.6 Å². The normalized spacial score (nSPS) is 15.5. The second kappa shape index (κ2) is 6.16. The summed E-state index contributed by atoms with van der Waals surface area (Å²) in [6.07, 6.45) is -0.875. The number of hydrogen-bond acceptors (Lipinski definition) is 4. The van der Waals surface area contributed by atoms with Crippen LogP contribution in [0.5, 0.6) is 5.75 Å². The van der Waals surface area contributed by atoms with Gasteiger partial charge in [-0.05, 0) is 33.6 Å². The standard InChI is InChI=1S/C15H14F5NO4/c1-14(2,3)25-13(23)21-15(4-5-15)12(22)24-11-9(19)7(17)6(16)8(18)10(11)20/h4-5H2,1-3H3,(H,21,23). The maximum Gasteiger partial charge on any atom is 0.408 e. The fourth-order valence-electron chi connectivity index (χ4n) is 1.87. The van der Waals surface area contributed by atoms with Gasteiger partial charge in [0.15, 0.2) is 0 Å². The molecule has 1 fully saturated rings. The first-order valence-electron chi connectivity index (χ1n) is 7.13. The minimum Gasteiger partial charge on any atom is -0.444 e. The van der Waals surface area contributed by atoms with Gasteiger partial charge in [-0.15, -0.1) is 0 Å². The van der Waals surface area contributed by atoms with Crippen LogP contribution in [0.3, 0.4) is 0 Å². The van der Waals surface area contributed by atoms with Gasteiger partial charge in [0.1, 0.15) is 11.1 Å². The number of alkyl carbamates (subject to hydrolysis) is 1. The van der Waals surface area contributed by atoms with Gasteiger partial charge >= 0.3 is 12.1 Å². The van der Waals surface area contributed by atoms with Crippen molar-refractivity contribution in [1.29, 1.82) is 0 Å². The van der Waals surface area contributed by atoms with Crippen molar-refractivity contribution in [3.05, 3.63) is 29.1 Å². The molecule has 2 rings (SSSR count). The first-order chi connectivity index (χ1) is 11.4. The molecular formula is C15H14F5NO4. The predicted octanol–water partition coefficient (Wildman–Crippen LogP) is 3.34. The van der Waals surface area contributed by atoms with Crippen LogP contribution in [0.4, 0.5) is 26.7 Å². The number of rotatable bonds is 3. The largest absolute Gasteiger partial charge is 0.444 e. The number of hydrogen-bond donors (Lipinski definition) is 1. The summed E-state index contributed by atoms with van der Waals surface area (Å²) in [7, 11) is 0. The highest BCUT2D eigenvalue weighted by molar-refractivity contribution is 5.90. The van der Waals surface area contributed by atoms with Gasteiger partial charge in [-0.1, -0.05) is 0 Å². The number of amides is 1. The molecule has 1 N–H and O–H groups in total. The molecule has 1 aromatic rings. The number of halogens is 5. The third-order valence-corrected chi connectivity index (χ3v) is 3.25. The summed E-state index contributed by atoms with van der Waals surface area (Å²) in [5.41, 5.74) is -2.51. The Labute approximate surface area is 139 Å². The lowest BCUT2D eigenvalue weighted by Crippen LogP contribution is -2.47. The maximum atomic E-state index is 13.5. The summed E-state index contributed by atoms with van der Waals surface area (Å²) < 4.78 is 75.6. The van der Waals surface area contributed by atoms with E-state index in [0.717, 1.165) is 0 Å². The number of nitrogens with one attached hydrogen (secondary N) is 1. The van der Waals surface area contributed by atoms with E-state index in [-0.39, 0.29) is 12.8 Å². The summed E-state index contributed by atoms with van der Waals surface area (Å²) in [4.78, 5) is 23.7. The van der Waals surface area contributed by atoms with Crippen molar-refractivity contribution in [2.75, 3.05) is 0 Å². The molecular weight excluding hydrogens is 353 g/mol. The highest BCUT2D eigenvalue weighted by Crippen LogP contribution is 2.38. The number of carbonyl (C=O) groups is 2. The lowest BCUT2D eigenvalue weighted by molar-refractivity contribution is -0.138. The minimum atomic E-state index is -2.37. The third-order valence-electron chi connectivity index (χ3n) is 3.25. The molecule has 0 radical (unpaired) electrons. The van der Waals surface area contributed by atoms with Crippen molar-refractivity contribution < 1.29 is 41.0 Å². The van der Waals surface area contributed by atoms with E-state index in [1.165, 1.54) is 0 Å². The van der Waals surface area contributed by atoms with Gasteiger partial charge in [0, 0.05) is 0 Å². The van der Waals surface area contributed by atoms with Crippen LogP contribution in [0.2, 0.25) is 0 Å². The average Bonchev–Trinajstić information content (AvgIpc) is 3.26. The molecule has 0 unspecified atom stereocenters. The van der Waals surface area contributed by atoms with Gasteiger partial charge in [-0.25, -0.2) is 22.8 Å². The van der Waals surface area contributed by atoms with Crippen LogP contribution < -0.4 is 10.1 Å². The second-order valence-corrected chi connectivity index (χ2v) is 6.50. The van der Waals surface area contributed by atoms with Gasteiger partial charge in [-0.2, -0.15) is 8.78 Å². The Bertz CT molecular complexity index is 711. The SMILES string of the molecule is CC(C)(C)OC(=O)NC1(C(=O)Oc2c(F)c(F)c(F)c(F)c2F)CC1. The van der Waals surface area contributed by atoms with Gasteiger partial charge in [0.05, 0.1) is 0 Å². The molecule has 5 nitrogen and oxygen atoms in total. The van der Waals surface area contributed by atoms with Crippen LogP contribution in [0, 0.1) is 29.1 Å². The molecule has 10 heteroatoms. The molecule has 1 aromatic carbocycles. The summed E-state index contributed by atoms with van der Waals surface area (Å²) >= 11 is 0. The molecule has 0 atom stereocenters. The minimum absolute atomic E-state index is 0.0560. The van der Waals surface area contributed by atoms with E-state index in [1.807, 2.05) is 0 Å². The topological polar surface area (TPSA) is 64.6 Å². The Morgan fingerprint density at radius 3 is 1.76 bits per heavy atom. The predicted molar refractivity (Wildman–Crippen MR) is 73.2 cm³/mol. The van der Waals surface area contributed by atoms with E-state index in [9.17, 15) is 31.5 Å². The molecule has 25 heavy (non-hydrogen) atoms. The smallest absolute Gasteiger partial charge is 0.408 e. The quantitative estimate of drug-likeness (QED) is 0.293. The number of benzene rings is 1. The van der Waals surface area contributed by atoms with E-state index >= 15 is 0 Å². The summed E-state index contributed by atoms with van der Waals surface area (Å²) in [6.45, 7) is 4.71. The lowest BCUT2D eigenvalue weighted by atomic mass is 10.2. The second-order valence-electron chi connectivity index (χ2n) is 6.50. The molecule has 0 aliphatic heterocycles. The van der Waals surface area contributed by atoms with Gasteiger partial charge in [0.2, 0.25) is 34.8 Å². The summed E-state index contributed by atoms with van der Waals surface area (Å²) in [5.74, 6) is -14.5. The average molecular weight is 367 g/mol. The van der Waals surface area contributed by atoms with Crippen LogP contribution in [-0.4, -0.2) is 23.2 Å². The van der Waals surface area contributed by atoms with E-state index in [1.54, 1.807) is 20.8 Å². The maximum absolute atomic E-state index is 13.5. The van der Waals surface area contributed by atoms with Crippen molar-refractivity contribution >= 4 is 12.1 Å². The monoisotopic (exact) mass is 367 g/mol. The van der Waals surface area contributed by atoms with Crippen molar-refractivity contribution in [2.45, 2.75) is 44.8 Å². The van der Waals surface area contributed by atoms with Gasteiger partial charge < -0.3 is 14.8 Å². The molecule has 0 spiro atoms. The Kier molecular flexibility index (Phi) is 4.67. The Hall–Kier alpha value is -2.39. The molecule has 1 aliphatic carbocycles. The Balaban J connectivity index is 2.19. The van der Waals surface area contributed by atoms with E-state index < -0.39 is 58.0 Å². The van der Waals surface area contributed by atoms with Crippen LogP contribution in [0.25, 0.3) is 0 Å². The first kappa shape index (κ1) is 18.9. The number of carbonyl (C=O) groups excluding carboxylic acids is 2. The molecule has 0 aromatic heterocycles. The van der Waals surface area contributed by atoms with Crippen molar-refractivity contribution in [2.24, 2.45) is 0 Å². The number of ether oxygens (including phenoxy) is 2. The molecule has 1 aliphatic rings. The zero-order valence-electron chi connectivity index (χ0n) is 13.4. The van der Waals surface area contributed by atoms with Gasteiger partial charge in [0.25, 0.3) is 0 Å². The molecule has 0 bridgehead atoms. The highest BCUT2D eigenvalue weighted by atomic mass is 19.2. The van der Waals surface area contributed by atoms with Crippen molar-refractivity contribution in [3.8, 4) is 5.75 Å². The summed E-state index contributed by atoms with van der Waals surface area (Å²) in [5, 5.41) is 2.18.